The largest absolute Gasteiger partial charge is 0.316 e. The fraction of sp³-hybridized carbons (Fsp3) is 0.625. The first-order valence-electron chi connectivity index (χ1n) is 7.18. The van der Waals surface area contributed by atoms with Crippen LogP contribution in [0.2, 0.25) is 0 Å². The van der Waals surface area contributed by atoms with Crippen molar-refractivity contribution < 1.29 is 4.39 Å². The van der Waals surface area contributed by atoms with Gasteiger partial charge in [0, 0.05) is 31.2 Å². The number of nitrogens with one attached hydrogen (secondary N) is 1. The van der Waals surface area contributed by atoms with E-state index in [0.29, 0.717) is 18.0 Å². The summed E-state index contributed by atoms with van der Waals surface area (Å²) in [5, 5.41) is 3.43. The highest BCUT2D eigenvalue weighted by Crippen LogP contribution is 2.27. The first-order valence-corrected chi connectivity index (χ1v) is 7.18. The SMILES string of the molecule is CC(C)N(Cc1ccccc1F)CC1(C)CCNC1. The topological polar surface area (TPSA) is 15.3 Å². The molecular weight excluding hydrogens is 239 g/mol. The van der Waals surface area contributed by atoms with Gasteiger partial charge in [-0.1, -0.05) is 25.1 Å². The van der Waals surface area contributed by atoms with Crippen molar-refractivity contribution >= 4 is 0 Å². The summed E-state index contributed by atoms with van der Waals surface area (Å²) in [6.45, 7) is 10.6. The van der Waals surface area contributed by atoms with Crippen LogP contribution in [0, 0.1) is 11.2 Å². The Hall–Kier alpha value is -0.930. The Morgan fingerprint density at radius 1 is 1.37 bits per heavy atom. The van der Waals surface area contributed by atoms with Crippen LogP contribution in [0.3, 0.4) is 0 Å². The number of nitrogens with zero attached hydrogens (tertiary/aromatic N) is 1. The summed E-state index contributed by atoms with van der Waals surface area (Å²) in [6.07, 6.45) is 1.20. The van der Waals surface area contributed by atoms with Crippen LogP contribution in [0.5, 0.6) is 0 Å². The number of hydrogen-bond acceptors (Lipinski definition) is 2. The second kappa shape index (κ2) is 6.02. The monoisotopic (exact) mass is 264 g/mol. The van der Waals surface area contributed by atoms with Crippen LogP contribution < -0.4 is 5.32 Å². The van der Waals surface area contributed by atoms with Gasteiger partial charge >= 0.3 is 0 Å². The van der Waals surface area contributed by atoms with Gasteiger partial charge in [0.05, 0.1) is 0 Å². The molecule has 1 fully saturated rings. The van der Waals surface area contributed by atoms with Crippen molar-refractivity contribution in [3.63, 3.8) is 0 Å². The summed E-state index contributed by atoms with van der Waals surface area (Å²) in [5.41, 5.74) is 1.11. The minimum atomic E-state index is -0.0946. The minimum absolute atomic E-state index is 0.0946. The van der Waals surface area contributed by atoms with Gasteiger partial charge in [0.15, 0.2) is 0 Å². The first-order chi connectivity index (χ1) is 9.00. The molecule has 0 bridgehead atoms. The molecule has 1 unspecified atom stereocenters. The molecule has 0 radical (unpaired) electrons. The van der Waals surface area contributed by atoms with Crippen LogP contribution in [0.1, 0.15) is 32.8 Å². The summed E-state index contributed by atoms with van der Waals surface area (Å²) in [7, 11) is 0. The normalized spacial score (nSPS) is 23.5. The second-order valence-electron chi connectivity index (χ2n) is 6.33. The summed E-state index contributed by atoms with van der Waals surface area (Å²) in [5.74, 6) is -0.0946. The Balaban J connectivity index is 2.06. The van der Waals surface area contributed by atoms with Crippen LogP contribution in [-0.4, -0.2) is 30.6 Å². The maximum atomic E-state index is 13.8. The lowest BCUT2D eigenvalue weighted by Gasteiger charge is -2.34. The van der Waals surface area contributed by atoms with E-state index < -0.39 is 0 Å². The zero-order valence-corrected chi connectivity index (χ0v) is 12.2. The summed E-state index contributed by atoms with van der Waals surface area (Å²) in [4.78, 5) is 2.38. The Labute approximate surface area is 116 Å². The predicted octanol–water partition coefficient (Wildman–Crippen LogP) is 3.04. The van der Waals surface area contributed by atoms with E-state index in [1.54, 1.807) is 12.1 Å². The van der Waals surface area contributed by atoms with E-state index in [4.69, 9.17) is 0 Å². The van der Waals surface area contributed by atoms with E-state index in [1.165, 1.54) is 6.42 Å². The standard InChI is InChI=1S/C16H25FN2/c1-13(2)19(12-16(3)8-9-18-11-16)10-14-6-4-5-7-15(14)17/h4-7,13,18H,8-12H2,1-3H3. The van der Waals surface area contributed by atoms with E-state index in [9.17, 15) is 4.39 Å². The third-order valence-electron chi connectivity index (χ3n) is 4.10. The number of rotatable bonds is 5. The summed E-state index contributed by atoms with van der Waals surface area (Å²) in [6, 6.07) is 7.53. The van der Waals surface area contributed by atoms with Crippen LogP contribution in [0.4, 0.5) is 4.39 Å². The molecule has 106 valence electrons. The van der Waals surface area contributed by atoms with Crippen molar-refractivity contribution in [2.75, 3.05) is 19.6 Å². The van der Waals surface area contributed by atoms with Gasteiger partial charge in [-0.2, -0.15) is 0 Å². The van der Waals surface area contributed by atoms with Crippen LogP contribution in [0.25, 0.3) is 0 Å². The van der Waals surface area contributed by atoms with Gasteiger partial charge in [-0.25, -0.2) is 4.39 Å². The zero-order valence-electron chi connectivity index (χ0n) is 12.2. The molecule has 1 saturated heterocycles. The van der Waals surface area contributed by atoms with Crippen molar-refractivity contribution in [3.05, 3.63) is 35.6 Å². The minimum Gasteiger partial charge on any atom is -0.316 e. The molecule has 0 aliphatic carbocycles. The molecule has 1 aromatic carbocycles. The van der Waals surface area contributed by atoms with E-state index in [2.05, 4.69) is 31.0 Å². The van der Waals surface area contributed by atoms with Gasteiger partial charge < -0.3 is 5.32 Å². The Bertz CT molecular complexity index is 411. The van der Waals surface area contributed by atoms with Gasteiger partial charge in [0.2, 0.25) is 0 Å². The molecule has 1 aliphatic rings. The molecule has 1 N–H and O–H groups in total. The molecule has 1 heterocycles. The van der Waals surface area contributed by atoms with E-state index in [-0.39, 0.29) is 5.82 Å². The van der Waals surface area contributed by atoms with Crippen molar-refractivity contribution in [2.45, 2.75) is 39.8 Å². The molecule has 1 aliphatic heterocycles. The lowest BCUT2D eigenvalue weighted by molar-refractivity contribution is 0.135. The highest BCUT2D eigenvalue weighted by Gasteiger charge is 2.31. The average molecular weight is 264 g/mol. The molecule has 1 atom stereocenters. The van der Waals surface area contributed by atoms with E-state index in [1.807, 2.05) is 12.1 Å². The van der Waals surface area contributed by atoms with Crippen molar-refractivity contribution in [1.82, 2.24) is 10.2 Å². The lowest BCUT2D eigenvalue weighted by Crippen LogP contribution is -2.40. The van der Waals surface area contributed by atoms with Crippen LogP contribution in [0.15, 0.2) is 24.3 Å². The smallest absolute Gasteiger partial charge is 0.127 e. The Morgan fingerprint density at radius 2 is 2.11 bits per heavy atom. The Kier molecular flexibility index (Phi) is 4.58. The maximum absolute atomic E-state index is 13.8. The molecule has 2 nitrogen and oxygen atoms in total. The average Bonchev–Trinajstić information content (AvgIpc) is 2.78. The number of halogens is 1. The van der Waals surface area contributed by atoms with Crippen molar-refractivity contribution in [3.8, 4) is 0 Å². The van der Waals surface area contributed by atoms with Crippen molar-refractivity contribution in [2.24, 2.45) is 5.41 Å². The molecule has 0 saturated carbocycles. The third-order valence-corrected chi connectivity index (χ3v) is 4.10. The van der Waals surface area contributed by atoms with Gasteiger partial charge in [-0.3, -0.25) is 4.90 Å². The molecule has 0 aromatic heterocycles. The lowest BCUT2D eigenvalue weighted by atomic mass is 9.88. The molecular formula is C16H25FN2. The maximum Gasteiger partial charge on any atom is 0.127 e. The fourth-order valence-corrected chi connectivity index (χ4v) is 2.76. The van der Waals surface area contributed by atoms with E-state index in [0.717, 1.165) is 25.2 Å². The van der Waals surface area contributed by atoms with Gasteiger partial charge in [0.25, 0.3) is 0 Å². The second-order valence-corrected chi connectivity index (χ2v) is 6.33. The molecule has 2 rings (SSSR count). The highest BCUT2D eigenvalue weighted by atomic mass is 19.1. The molecule has 19 heavy (non-hydrogen) atoms. The fourth-order valence-electron chi connectivity index (χ4n) is 2.76. The molecule has 0 amide bonds. The van der Waals surface area contributed by atoms with Crippen LogP contribution >= 0.6 is 0 Å². The quantitative estimate of drug-likeness (QED) is 0.879. The number of hydrogen-bond donors (Lipinski definition) is 1. The molecule has 0 spiro atoms. The Morgan fingerprint density at radius 3 is 2.68 bits per heavy atom. The van der Waals surface area contributed by atoms with Gasteiger partial charge in [-0.05, 0) is 38.3 Å². The first kappa shape index (κ1) is 14.5. The molecule has 1 aromatic rings. The predicted molar refractivity (Wildman–Crippen MR) is 77.5 cm³/mol. The van der Waals surface area contributed by atoms with Crippen LogP contribution in [-0.2, 0) is 6.54 Å². The summed E-state index contributed by atoms with van der Waals surface area (Å²) < 4.78 is 13.8. The third kappa shape index (κ3) is 3.77. The number of benzene rings is 1. The van der Waals surface area contributed by atoms with Gasteiger partial charge in [-0.15, -0.1) is 0 Å². The highest BCUT2D eigenvalue weighted by molar-refractivity contribution is 5.17. The van der Waals surface area contributed by atoms with Gasteiger partial charge in [0.1, 0.15) is 5.82 Å². The molecule has 3 heteroatoms. The van der Waals surface area contributed by atoms with Crippen molar-refractivity contribution in [1.29, 1.82) is 0 Å². The van der Waals surface area contributed by atoms with E-state index >= 15 is 0 Å². The zero-order chi connectivity index (χ0) is 13.9. The summed E-state index contributed by atoms with van der Waals surface area (Å²) >= 11 is 0.